The Labute approximate surface area is 154 Å². The van der Waals surface area contributed by atoms with E-state index in [1.165, 1.54) is 0 Å². The first kappa shape index (κ1) is 17.8. The molecule has 4 nitrogen and oxygen atoms in total. The lowest BCUT2D eigenvalue weighted by molar-refractivity contribution is -0.137. The summed E-state index contributed by atoms with van der Waals surface area (Å²) in [5.41, 5.74) is 0.962. The lowest BCUT2D eigenvalue weighted by Gasteiger charge is -2.23. The van der Waals surface area contributed by atoms with E-state index in [1.807, 2.05) is 60.7 Å². The molecule has 3 rings (SSSR count). The molecule has 3 aromatic carbocycles. The number of para-hydroxylation sites is 1. The largest absolute Gasteiger partial charge is 0.496 e. The molecule has 26 heavy (non-hydrogen) atoms. The fourth-order valence-electron chi connectivity index (χ4n) is 2.97. The molecular weight excluding hydrogens is 326 g/mol. The number of hydrogen-bond donors (Lipinski definition) is 0. The van der Waals surface area contributed by atoms with Crippen LogP contribution in [0.3, 0.4) is 0 Å². The lowest BCUT2D eigenvalue weighted by atomic mass is 10.1. The summed E-state index contributed by atoms with van der Waals surface area (Å²) in [5, 5.41) is 2.24. The Balaban J connectivity index is 1.68. The molecule has 0 saturated carbocycles. The third-order valence-corrected chi connectivity index (χ3v) is 4.36. The summed E-state index contributed by atoms with van der Waals surface area (Å²) < 4.78 is 11.2. The Bertz CT molecular complexity index is 907. The molecule has 0 aromatic heterocycles. The van der Waals surface area contributed by atoms with Gasteiger partial charge in [-0.25, -0.2) is 0 Å². The Kier molecular flexibility index (Phi) is 5.42. The van der Waals surface area contributed by atoms with E-state index < -0.39 is 6.10 Å². The van der Waals surface area contributed by atoms with E-state index in [-0.39, 0.29) is 5.91 Å². The predicted octanol–water partition coefficient (Wildman–Crippen LogP) is 4.27. The van der Waals surface area contributed by atoms with Gasteiger partial charge >= 0.3 is 0 Å². The number of fused-ring (bicyclic) bond motifs is 1. The Morgan fingerprint density at radius 1 is 1.00 bits per heavy atom. The van der Waals surface area contributed by atoms with Crippen LogP contribution in [-0.2, 0) is 11.3 Å². The molecule has 0 N–H and O–H groups in total. The minimum atomic E-state index is -0.573. The Hall–Kier alpha value is -3.01. The highest BCUT2D eigenvalue weighted by Crippen LogP contribution is 2.22. The first-order chi connectivity index (χ1) is 12.6. The fourth-order valence-corrected chi connectivity index (χ4v) is 2.97. The second kappa shape index (κ2) is 7.91. The van der Waals surface area contributed by atoms with Crippen molar-refractivity contribution in [1.29, 1.82) is 0 Å². The lowest BCUT2D eigenvalue weighted by Crippen LogP contribution is -2.37. The van der Waals surface area contributed by atoms with Crippen LogP contribution in [0.25, 0.3) is 10.8 Å². The van der Waals surface area contributed by atoms with E-state index in [4.69, 9.17) is 9.47 Å². The number of carbonyl (C=O) groups is 1. The Morgan fingerprint density at radius 3 is 2.46 bits per heavy atom. The van der Waals surface area contributed by atoms with Gasteiger partial charge in [0, 0.05) is 19.2 Å². The summed E-state index contributed by atoms with van der Waals surface area (Å²) in [6.07, 6.45) is -0.573. The van der Waals surface area contributed by atoms with Crippen LogP contribution in [-0.4, -0.2) is 31.1 Å². The van der Waals surface area contributed by atoms with E-state index in [0.29, 0.717) is 12.3 Å². The van der Waals surface area contributed by atoms with Crippen molar-refractivity contribution >= 4 is 16.7 Å². The van der Waals surface area contributed by atoms with Crippen LogP contribution >= 0.6 is 0 Å². The first-order valence-corrected chi connectivity index (χ1v) is 8.61. The van der Waals surface area contributed by atoms with Crippen molar-refractivity contribution in [3.63, 3.8) is 0 Å². The topological polar surface area (TPSA) is 38.8 Å². The van der Waals surface area contributed by atoms with Crippen LogP contribution in [0.5, 0.6) is 11.5 Å². The van der Waals surface area contributed by atoms with Crippen LogP contribution in [0.15, 0.2) is 66.7 Å². The van der Waals surface area contributed by atoms with E-state index in [9.17, 15) is 4.79 Å². The first-order valence-electron chi connectivity index (χ1n) is 8.61. The summed E-state index contributed by atoms with van der Waals surface area (Å²) in [6, 6.07) is 21.6. The average Bonchev–Trinajstić information content (AvgIpc) is 2.67. The van der Waals surface area contributed by atoms with Crippen molar-refractivity contribution in [3.8, 4) is 11.5 Å². The number of amides is 1. The number of nitrogens with zero attached hydrogens (tertiary/aromatic N) is 1. The maximum absolute atomic E-state index is 12.7. The molecule has 0 heterocycles. The van der Waals surface area contributed by atoms with Crippen molar-refractivity contribution in [2.24, 2.45) is 0 Å². The van der Waals surface area contributed by atoms with Crippen molar-refractivity contribution in [2.45, 2.75) is 19.6 Å². The number of hydrogen-bond acceptors (Lipinski definition) is 3. The molecule has 0 radical (unpaired) electrons. The van der Waals surface area contributed by atoms with Crippen LogP contribution in [0.4, 0.5) is 0 Å². The predicted molar refractivity (Wildman–Crippen MR) is 104 cm³/mol. The van der Waals surface area contributed by atoms with Crippen LogP contribution in [0.1, 0.15) is 12.5 Å². The third-order valence-electron chi connectivity index (χ3n) is 4.36. The van der Waals surface area contributed by atoms with E-state index in [0.717, 1.165) is 22.1 Å². The monoisotopic (exact) mass is 349 g/mol. The zero-order chi connectivity index (χ0) is 18.5. The van der Waals surface area contributed by atoms with Gasteiger partial charge in [-0.05, 0) is 35.9 Å². The second-order valence-electron chi connectivity index (χ2n) is 6.28. The number of carbonyl (C=O) groups excluding carboxylic acids is 1. The molecule has 0 saturated heterocycles. The molecule has 0 bridgehead atoms. The quantitative estimate of drug-likeness (QED) is 0.667. The molecular formula is C22H23NO3. The van der Waals surface area contributed by atoms with Gasteiger partial charge in [-0.1, -0.05) is 48.5 Å². The highest BCUT2D eigenvalue weighted by atomic mass is 16.5. The van der Waals surface area contributed by atoms with Gasteiger partial charge in [-0.2, -0.15) is 0 Å². The van der Waals surface area contributed by atoms with Crippen molar-refractivity contribution in [2.75, 3.05) is 14.2 Å². The van der Waals surface area contributed by atoms with Gasteiger partial charge in [0.25, 0.3) is 5.91 Å². The molecule has 0 aliphatic heterocycles. The summed E-state index contributed by atoms with van der Waals surface area (Å²) in [7, 11) is 3.40. The summed E-state index contributed by atoms with van der Waals surface area (Å²) in [4.78, 5) is 14.3. The minimum Gasteiger partial charge on any atom is -0.496 e. The van der Waals surface area contributed by atoms with Gasteiger partial charge in [0.1, 0.15) is 11.5 Å². The normalized spacial score (nSPS) is 11.8. The SMILES string of the molecule is COc1ccccc1CN(C)C(=O)[C@@H](C)Oc1ccc2ccccc2c1. The molecule has 0 aliphatic rings. The number of ether oxygens (including phenoxy) is 2. The second-order valence-corrected chi connectivity index (χ2v) is 6.28. The molecule has 1 amide bonds. The van der Waals surface area contributed by atoms with Gasteiger partial charge in [-0.3, -0.25) is 4.79 Å². The maximum atomic E-state index is 12.7. The zero-order valence-corrected chi connectivity index (χ0v) is 15.3. The molecule has 0 aliphatic carbocycles. The molecule has 4 heteroatoms. The molecule has 3 aromatic rings. The number of likely N-dealkylation sites (N-methyl/N-ethyl adjacent to an activating group) is 1. The number of rotatable bonds is 6. The van der Waals surface area contributed by atoms with Gasteiger partial charge in [0.2, 0.25) is 0 Å². The van der Waals surface area contributed by atoms with E-state index in [2.05, 4.69) is 6.07 Å². The average molecular weight is 349 g/mol. The summed E-state index contributed by atoms with van der Waals surface area (Å²) in [5.74, 6) is 1.38. The summed E-state index contributed by atoms with van der Waals surface area (Å²) in [6.45, 7) is 2.24. The molecule has 0 spiro atoms. The van der Waals surface area contributed by atoms with Gasteiger partial charge in [0.05, 0.1) is 7.11 Å². The van der Waals surface area contributed by atoms with E-state index >= 15 is 0 Å². The third kappa shape index (κ3) is 3.97. The van der Waals surface area contributed by atoms with Crippen molar-refractivity contribution in [3.05, 3.63) is 72.3 Å². The van der Waals surface area contributed by atoms with Crippen molar-refractivity contribution in [1.82, 2.24) is 4.90 Å². The number of methoxy groups -OCH3 is 1. The maximum Gasteiger partial charge on any atom is 0.263 e. The fraction of sp³-hybridized carbons (Fsp3) is 0.227. The molecule has 1 atom stereocenters. The van der Waals surface area contributed by atoms with Crippen LogP contribution in [0, 0.1) is 0 Å². The zero-order valence-electron chi connectivity index (χ0n) is 15.3. The highest BCUT2D eigenvalue weighted by molar-refractivity contribution is 5.84. The van der Waals surface area contributed by atoms with Gasteiger partial charge in [-0.15, -0.1) is 0 Å². The van der Waals surface area contributed by atoms with Gasteiger partial charge in [0.15, 0.2) is 6.10 Å². The highest BCUT2D eigenvalue weighted by Gasteiger charge is 2.20. The van der Waals surface area contributed by atoms with E-state index in [1.54, 1.807) is 26.0 Å². The molecule has 0 fully saturated rings. The minimum absolute atomic E-state index is 0.0796. The smallest absolute Gasteiger partial charge is 0.263 e. The van der Waals surface area contributed by atoms with Gasteiger partial charge < -0.3 is 14.4 Å². The van der Waals surface area contributed by atoms with Crippen LogP contribution < -0.4 is 9.47 Å². The standard InChI is InChI=1S/C22H23NO3/c1-16(26-20-13-12-17-8-4-5-9-18(17)14-20)22(24)23(2)15-19-10-6-7-11-21(19)25-3/h4-14,16H,15H2,1-3H3/t16-/m1/s1. The summed E-state index contributed by atoms with van der Waals surface area (Å²) >= 11 is 0. The van der Waals surface area contributed by atoms with Crippen LogP contribution in [0.2, 0.25) is 0 Å². The number of benzene rings is 3. The Morgan fingerprint density at radius 2 is 1.69 bits per heavy atom. The molecule has 134 valence electrons. The van der Waals surface area contributed by atoms with Crippen molar-refractivity contribution < 1.29 is 14.3 Å². The molecule has 0 unspecified atom stereocenters.